The Morgan fingerprint density at radius 2 is 1.85 bits per heavy atom. The topological polar surface area (TPSA) is 27.0 Å². The SMILES string of the molecule is N#CC(CN1CCCC2CCCCC21)c1ccccc1. The highest BCUT2D eigenvalue weighted by Crippen LogP contribution is 2.36. The van der Waals surface area contributed by atoms with Crippen molar-refractivity contribution < 1.29 is 0 Å². The van der Waals surface area contributed by atoms with Gasteiger partial charge >= 0.3 is 0 Å². The first-order valence-corrected chi connectivity index (χ1v) is 8.07. The number of piperidine rings is 1. The summed E-state index contributed by atoms with van der Waals surface area (Å²) in [5.74, 6) is 0.921. The van der Waals surface area contributed by atoms with Crippen molar-refractivity contribution in [1.82, 2.24) is 4.90 Å². The summed E-state index contributed by atoms with van der Waals surface area (Å²) < 4.78 is 0. The van der Waals surface area contributed by atoms with Gasteiger partial charge in [-0.15, -0.1) is 0 Å². The van der Waals surface area contributed by atoms with Gasteiger partial charge in [-0.05, 0) is 43.7 Å². The van der Waals surface area contributed by atoms with E-state index in [4.69, 9.17) is 0 Å². The zero-order valence-corrected chi connectivity index (χ0v) is 12.2. The summed E-state index contributed by atoms with van der Waals surface area (Å²) in [5, 5.41) is 9.53. The molecular formula is C18H24N2. The highest BCUT2D eigenvalue weighted by Gasteiger charge is 2.34. The van der Waals surface area contributed by atoms with Crippen LogP contribution < -0.4 is 0 Å². The van der Waals surface area contributed by atoms with Gasteiger partial charge in [0.25, 0.3) is 0 Å². The average molecular weight is 268 g/mol. The van der Waals surface area contributed by atoms with Crippen LogP contribution in [-0.4, -0.2) is 24.0 Å². The highest BCUT2D eigenvalue weighted by atomic mass is 15.2. The van der Waals surface area contributed by atoms with E-state index >= 15 is 0 Å². The lowest BCUT2D eigenvalue weighted by Gasteiger charge is -2.44. The van der Waals surface area contributed by atoms with Gasteiger partial charge < -0.3 is 0 Å². The molecule has 1 aromatic rings. The molecule has 0 spiro atoms. The molecule has 0 aromatic heterocycles. The molecule has 106 valence electrons. The number of fused-ring (bicyclic) bond motifs is 1. The van der Waals surface area contributed by atoms with Crippen molar-refractivity contribution in [3.05, 3.63) is 35.9 Å². The van der Waals surface area contributed by atoms with Crippen LogP contribution in [0.2, 0.25) is 0 Å². The average Bonchev–Trinajstić information content (AvgIpc) is 2.53. The fraction of sp³-hybridized carbons (Fsp3) is 0.611. The largest absolute Gasteiger partial charge is 0.298 e. The molecule has 2 nitrogen and oxygen atoms in total. The molecule has 0 amide bonds. The standard InChI is InChI=1S/C18H24N2/c19-13-17(15-7-2-1-3-8-15)14-20-12-6-10-16-9-4-5-11-18(16)20/h1-3,7-8,16-18H,4-6,9-12,14H2. The predicted molar refractivity (Wildman–Crippen MR) is 81.3 cm³/mol. The van der Waals surface area contributed by atoms with Gasteiger partial charge in [0.1, 0.15) is 0 Å². The van der Waals surface area contributed by atoms with Crippen LogP contribution in [0.5, 0.6) is 0 Å². The molecule has 1 aromatic carbocycles. The maximum atomic E-state index is 9.53. The lowest BCUT2D eigenvalue weighted by molar-refractivity contribution is 0.0594. The first-order chi connectivity index (χ1) is 9.88. The molecule has 0 radical (unpaired) electrons. The molecule has 1 aliphatic heterocycles. The van der Waals surface area contributed by atoms with Gasteiger partial charge in [-0.2, -0.15) is 5.26 Å². The molecule has 3 rings (SSSR count). The van der Waals surface area contributed by atoms with Gasteiger partial charge in [0.05, 0.1) is 12.0 Å². The zero-order chi connectivity index (χ0) is 13.8. The first kappa shape index (κ1) is 13.6. The molecule has 2 fully saturated rings. The Labute approximate surface area is 122 Å². The molecule has 2 aliphatic rings. The molecule has 1 saturated heterocycles. The Balaban J connectivity index is 1.70. The summed E-state index contributed by atoms with van der Waals surface area (Å²) in [4.78, 5) is 2.62. The molecule has 2 heteroatoms. The van der Waals surface area contributed by atoms with E-state index in [1.54, 1.807) is 0 Å². The number of hydrogen-bond donors (Lipinski definition) is 0. The molecule has 0 N–H and O–H groups in total. The number of benzene rings is 1. The minimum Gasteiger partial charge on any atom is -0.298 e. The quantitative estimate of drug-likeness (QED) is 0.830. The second-order valence-electron chi connectivity index (χ2n) is 6.34. The van der Waals surface area contributed by atoms with Gasteiger partial charge in [-0.3, -0.25) is 4.90 Å². The minimum atomic E-state index is 0.0249. The number of nitriles is 1. The van der Waals surface area contributed by atoms with E-state index in [0.717, 1.165) is 18.5 Å². The van der Waals surface area contributed by atoms with E-state index in [-0.39, 0.29) is 5.92 Å². The highest BCUT2D eigenvalue weighted by molar-refractivity contribution is 5.25. The molecule has 3 atom stereocenters. The predicted octanol–water partition coefficient (Wildman–Crippen LogP) is 3.95. The molecule has 1 aliphatic carbocycles. The summed E-state index contributed by atoms with van der Waals surface area (Å²) in [7, 11) is 0. The third-order valence-electron chi connectivity index (χ3n) is 5.13. The van der Waals surface area contributed by atoms with E-state index in [1.807, 2.05) is 18.2 Å². The normalized spacial score (nSPS) is 28.4. The maximum Gasteiger partial charge on any atom is 0.0839 e. The van der Waals surface area contributed by atoms with E-state index in [2.05, 4.69) is 23.1 Å². The van der Waals surface area contributed by atoms with Crippen LogP contribution in [-0.2, 0) is 0 Å². The van der Waals surface area contributed by atoms with Gasteiger partial charge in [0, 0.05) is 12.6 Å². The Morgan fingerprint density at radius 1 is 1.10 bits per heavy atom. The van der Waals surface area contributed by atoms with Gasteiger partial charge in [-0.25, -0.2) is 0 Å². The van der Waals surface area contributed by atoms with Crippen molar-refractivity contribution in [2.45, 2.75) is 50.5 Å². The Morgan fingerprint density at radius 3 is 2.65 bits per heavy atom. The second-order valence-corrected chi connectivity index (χ2v) is 6.34. The lowest BCUT2D eigenvalue weighted by atomic mass is 9.78. The smallest absolute Gasteiger partial charge is 0.0839 e. The van der Waals surface area contributed by atoms with E-state index < -0.39 is 0 Å². The van der Waals surface area contributed by atoms with Gasteiger partial charge in [0.15, 0.2) is 0 Å². The number of rotatable bonds is 3. The van der Waals surface area contributed by atoms with Crippen molar-refractivity contribution in [2.24, 2.45) is 5.92 Å². The van der Waals surface area contributed by atoms with Crippen LogP contribution in [0.1, 0.15) is 50.0 Å². The molecule has 1 heterocycles. The van der Waals surface area contributed by atoms with Gasteiger partial charge in [-0.1, -0.05) is 43.2 Å². The van der Waals surface area contributed by atoms with Crippen molar-refractivity contribution in [2.75, 3.05) is 13.1 Å². The minimum absolute atomic E-state index is 0.0249. The summed E-state index contributed by atoms with van der Waals surface area (Å²) in [6.45, 7) is 2.11. The molecule has 3 unspecified atom stereocenters. The third kappa shape index (κ3) is 2.88. The molecule has 1 saturated carbocycles. The van der Waals surface area contributed by atoms with Crippen LogP contribution in [0.4, 0.5) is 0 Å². The van der Waals surface area contributed by atoms with E-state index in [1.165, 1.54) is 50.6 Å². The fourth-order valence-corrected chi connectivity index (χ4v) is 4.10. The Bertz CT molecular complexity index is 460. The molecule has 20 heavy (non-hydrogen) atoms. The van der Waals surface area contributed by atoms with Crippen LogP contribution in [0.25, 0.3) is 0 Å². The Hall–Kier alpha value is -1.33. The van der Waals surface area contributed by atoms with E-state index in [0.29, 0.717) is 0 Å². The van der Waals surface area contributed by atoms with Crippen LogP contribution >= 0.6 is 0 Å². The number of hydrogen-bond acceptors (Lipinski definition) is 2. The second kappa shape index (κ2) is 6.41. The first-order valence-electron chi connectivity index (χ1n) is 8.07. The maximum absolute atomic E-state index is 9.53. The van der Waals surface area contributed by atoms with Crippen molar-refractivity contribution in [1.29, 1.82) is 5.26 Å². The zero-order valence-electron chi connectivity index (χ0n) is 12.2. The molecule has 0 bridgehead atoms. The summed E-state index contributed by atoms with van der Waals surface area (Å²) >= 11 is 0. The summed E-state index contributed by atoms with van der Waals surface area (Å²) in [5.41, 5.74) is 1.17. The molecular weight excluding hydrogens is 244 g/mol. The van der Waals surface area contributed by atoms with Crippen molar-refractivity contribution in [3.63, 3.8) is 0 Å². The van der Waals surface area contributed by atoms with E-state index in [9.17, 15) is 5.26 Å². The monoisotopic (exact) mass is 268 g/mol. The van der Waals surface area contributed by atoms with Crippen LogP contribution in [0.15, 0.2) is 30.3 Å². The van der Waals surface area contributed by atoms with Crippen molar-refractivity contribution in [3.8, 4) is 6.07 Å². The Kier molecular flexibility index (Phi) is 4.38. The fourth-order valence-electron chi connectivity index (χ4n) is 4.10. The van der Waals surface area contributed by atoms with Crippen LogP contribution in [0.3, 0.4) is 0 Å². The summed E-state index contributed by atoms with van der Waals surface area (Å²) in [6, 6.07) is 13.6. The summed E-state index contributed by atoms with van der Waals surface area (Å²) in [6.07, 6.45) is 8.26. The number of likely N-dealkylation sites (tertiary alicyclic amines) is 1. The van der Waals surface area contributed by atoms with Crippen molar-refractivity contribution >= 4 is 0 Å². The number of nitrogens with zero attached hydrogens (tertiary/aromatic N) is 2. The lowest BCUT2D eigenvalue weighted by Crippen LogP contribution is -2.48. The third-order valence-corrected chi connectivity index (χ3v) is 5.13. The van der Waals surface area contributed by atoms with Gasteiger partial charge in [0.2, 0.25) is 0 Å². The van der Waals surface area contributed by atoms with Crippen LogP contribution in [0, 0.1) is 17.2 Å².